The van der Waals surface area contributed by atoms with Crippen LogP contribution in [0.25, 0.3) is 0 Å². The number of rotatable bonds is 8. The first-order valence-electron chi connectivity index (χ1n) is 5.31. The molecule has 0 saturated heterocycles. The largest absolute Gasteiger partial charge is 0.481 e. The van der Waals surface area contributed by atoms with Gasteiger partial charge in [0.1, 0.15) is 0 Å². The highest BCUT2D eigenvalue weighted by atomic mass is 16.4. The van der Waals surface area contributed by atoms with E-state index in [1.165, 1.54) is 0 Å². The molecule has 0 spiro atoms. The van der Waals surface area contributed by atoms with Crippen LogP contribution in [-0.4, -0.2) is 41.7 Å². The predicted octanol–water partition coefficient (Wildman–Crippen LogP) is 0.910. The molecule has 0 fully saturated rings. The number of hydrogen-bond acceptors (Lipinski definition) is 3. The number of nitrogens with two attached hydrogens (primary N) is 1. The summed E-state index contributed by atoms with van der Waals surface area (Å²) < 4.78 is 0. The van der Waals surface area contributed by atoms with Gasteiger partial charge in [-0.15, -0.1) is 0 Å². The average molecular weight is 202 g/mol. The molecule has 0 saturated carbocycles. The molecule has 0 aliphatic rings. The van der Waals surface area contributed by atoms with Crippen LogP contribution in [0, 0.1) is 0 Å². The molecule has 1 unspecified atom stereocenters. The molecule has 0 heterocycles. The minimum Gasteiger partial charge on any atom is -0.481 e. The summed E-state index contributed by atoms with van der Waals surface area (Å²) in [5.74, 6) is -0.723. The van der Waals surface area contributed by atoms with Gasteiger partial charge in [-0.2, -0.15) is 0 Å². The minimum atomic E-state index is -0.723. The molecule has 0 aliphatic carbocycles. The lowest BCUT2D eigenvalue weighted by Crippen LogP contribution is -2.37. The molecule has 0 amide bonds. The summed E-state index contributed by atoms with van der Waals surface area (Å²) in [5, 5.41) is 8.77. The summed E-state index contributed by atoms with van der Waals surface area (Å²) >= 11 is 0. The Morgan fingerprint density at radius 1 is 1.43 bits per heavy atom. The first-order valence-corrected chi connectivity index (χ1v) is 5.31. The van der Waals surface area contributed by atoms with Crippen LogP contribution >= 0.6 is 0 Å². The number of nitrogens with zero attached hydrogens (tertiary/aromatic N) is 1. The molecule has 3 N–H and O–H groups in total. The quantitative estimate of drug-likeness (QED) is 0.614. The highest BCUT2D eigenvalue weighted by molar-refractivity contribution is 5.67. The molecule has 1 atom stereocenters. The second kappa shape index (κ2) is 7.76. The Morgan fingerprint density at radius 2 is 2.00 bits per heavy atom. The van der Waals surface area contributed by atoms with Crippen molar-refractivity contribution in [2.24, 2.45) is 5.73 Å². The van der Waals surface area contributed by atoms with Gasteiger partial charge in [0.2, 0.25) is 0 Å². The maximum absolute atomic E-state index is 10.7. The number of aliphatic carboxylic acids is 1. The van der Waals surface area contributed by atoms with E-state index >= 15 is 0 Å². The number of carbonyl (C=O) groups is 1. The molecule has 0 rings (SSSR count). The van der Waals surface area contributed by atoms with E-state index in [0.29, 0.717) is 6.54 Å². The van der Waals surface area contributed by atoms with Crippen molar-refractivity contribution in [1.82, 2.24) is 4.90 Å². The SMILES string of the molecule is CCN(CC)C(CCCN)CC(=O)O. The van der Waals surface area contributed by atoms with Crippen LogP contribution in [0.1, 0.15) is 33.1 Å². The van der Waals surface area contributed by atoms with Crippen molar-refractivity contribution in [3.05, 3.63) is 0 Å². The van der Waals surface area contributed by atoms with Gasteiger partial charge >= 0.3 is 5.97 Å². The Labute approximate surface area is 86.1 Å². The zero-order chi connectivity index (χ0) is 11.0. The van der Waals surface area contributed by atoms with Crippen molar-refractivity contribution in [2.45, 2.75) is 39.2 Å². The normalized spacial score (nSPS) is 13.1. The van der Waals surface area contributed by atoms with Crippen molar-refractivity contribution in [3.8, 4) is 0 Å². The van der Waals surface area contributed by atoms with Gasteiger partial charge in [0.05, 0.1) is 6.42 Å². The first kappa shape index (κ1) is 13.4. The Kier molecular flexibility index (Phi) is 7.42. The van der Waals surface area contributed by atoms with E-state index in [4.69, 9.17) is 10.8 Å². The fourth-order valence-corrected chi connectivity index (χ4v) is 1.71. The maximum atomic E-state index is 10.7. The number of carboxylic acids is 1. The summed E-state index contributed by atoms with van der Waals surface area (Å²) in [7, 11) is 0. The van der Waals surface area contributed by atoms with E-state index in [1.54, 1.807) is 0 Å². The van der Waals surface area contributed by atoms with Crippen molar-refractivity contribution < 1.29 is 9.90 Å². The molecule has 0 aliphatic heterocycles. The van der Waals surface area contributed by atoms with Crippen LogP contribution in [0.2, 0.25) is 0 Å². The lowest BCUT2D eigenvalue weighted by atomic mass is 10.1. The van der Waals surface area contributed by atoms with E-state index in [9.17, 15) is 4.79 Å². The molecule has 4 heteroatoms. The van der Waals surface area contributed by atoms with E-state index < -0.39 is 5.97 Å². The first-order chi connectivity index (χ1) is 6.65. The van der Waals surface area contributed by atoms with Crippen LogP contribution in [0.15, 0.2) is 0 Å². The van der Waals surface area contributed by atoms with Gasteiger partial charge in [-0.25, -0.2) is 0 Å². The van der Waals surface area contributed by atoms with Gasteiger partial charge in [0.15, 0.2) is 0 Å². The highest BCUT2D eigenvalue weighted by Gasteiger charge is 2.17. The van der Waals surface area contributed by atoms with Crippen LogP contribution in [0.4, 0.5) is 0 Å². The molecule has 0 aromatic heterocycles. The zero-order valence-electron chi connectivity index (χ0n) is 9.20. The van der Waals surface area contributed by atoms with Crippen molar-refractivity contribution in [2.75, 3.05) is 19.6 Å². The Balaban J connectivity index is 4.12. The van der Waals surface area contributed by atoms with Crippen molar-refractivity contribution in [1.29, 1.82) is 0 Å². The minimum absolute atomic E-state index is 0.144. The maximum Gasteiger partial charge on any atom is 0.304 e. The van der Waals surface area contributed by atoms with Gasteiger partial charge in [-0.05, 0) is 32.5 Å². The van der Waals surface area contributed by atoms with Crippen LogP contribution in [-0.2, 0) is 4.79 Å². The molecule has 0 bridgehead atoms. The monoisotopic (exact) mass is 202 g/mol. The zero-order valence-corrected chi connectivity index (χ0v) is 9.20. The van der Waals surface area contributed by atoms with Crippen molar-refractivity contribution in [3.63, 3.8) is 0 Å². The topological polar surface area (TPSA) is 66.6 Å². The molecule has 0 radical (unpaired) electrons. The lowest BCUT2D eigenvalue weighted by molar-refractivity contribution is -0.138. The summed E-state index contributed by atoms with van der Waals surface area (Å²) in [6.45, 7) is 6.55. The molecule has 4 nitrogen and oxygen atoms in total. The summed E-state index contributed by atoms with van der Waals surface area (Å²) in [4.78, 5) is 12.8. The Hall–Kier alpha value is -0.610. The molecule has 0 aromatic carbocycles. The third-order valence-electron chi connectivity index (χ3n) is 2.48. The smallest absolute Gasteiger partial charge is 0.304 e. The molecular weight excluding hydrogens is 180 g/mol. The van der Waals surface area contributed by atoms with Crippen LogP contribution in [0.3, 0.4) is 0 Å². The number of carboxylic acid groups (broad SMARTS) is 1. The fraction of sp³-hybridized carbons (Fsp3) is 0.900. The third-order valence-corrected chi connectivity index (χ3v) is 2.48. The van der Waals surface area contributed by atoms with Gasteiger partial charge < -0.3 is 15.7 Å². The van der Waals surface area contributed by atoms with Crippen LogP contribution < -0.4 is 5.73 Å². The molecule has 14 heavy (non-hydrogen) atoms. The molecular formula is C10H22N2O2. The van der Waals surface area contributed by atoms with E-state index in [1.807, 2.05) is 0 Å². The van der Waals surface area contributed by atoms with Crippen molar-refractivity contribution >= 4 is 5.97 Å². The third kappa shape index (κ3) is 5.19. The van der Waals surface area contributed by atoms with Gasteiger partial charge in [-0.1, -0.05) is 13.8 Å². The summed E-state index contributed by atoms with van der Waals surface area (Å²) in [6.07, 6.45) is 2.00. The summed E-state index contributed by atoms with van der Waals surface area (Å²) in [6, 6.07) is 0.144. The Morgan fingerprint density at radius 3 is 2.36 bits per heavy atom. The van der Waals surface area contributed by atoms with E-state index in [0.717, 1.165) is 25.9 Å². The lowest BCUT2D eigenvalue weighted by Gasteiger charge is -2.28. The second-order valence-electron chi connectivity index (χ2n) is 3.40. The van der Waals surface area contributed by atoms with Gasteiger partial charge in [0.25, 0.3) is 0 Å². The molecule has 0 aromatic rings. The second-order valence-corrected chi connectivity index (χ2v) is 3.40. The standard InChI is InChI=1S/C10H22N2O2/c1-3-12(4-2)9(6-5-7-11)8-10(13)14/h9H,3-8,11H2,1-2H3,(H,13,14). The summed E-state index contributed by atoms with van der Waals surface area (Å²) in [5.41, 5.74) is 5.42. The van der Waals surface area contributed by atoms with Crippen LogP contribution in [0.5, 0.6) is 0 Å². The van der Waals surface area contributed by atoms with Gasteiger partial charge in [0, 0.05) is 6.04 Å². The highest BCUT2D eigenvalue weighted by Crippen LogP contribution is 2.10. The van der Waals surface area contributed by atoms with E-state index in [-0.39, 0.29) is 12.5 Å². The average Bonchev–Trinajstić information content (AvgIpc) is 2.15. The predicted molar refractivity (Wildman–Crippen MR) is 57.3 cm³/mol. The Bertz CT molecular complexity index is 158. The number of hydrogen-bond donors (Lipinski definition) is 2. The van der Waals surface area contributed by atoms with E-state index in [2.05, 4.69) is 18.7 Å². The molecule has 84 valence electrons. The fourth-order valence-electron chi connectivity index (χ4n) is 1.71. The van der Waals surface area contributed by atoms with Gasteiger partial charge in [-0.3, -0.25) is 4.79 Å².